The summed E-state index contributed by atoms with van der Waals surface area (Å²) in [4.78, 5) is 0.910. The Morgan fingerprint density at radius 1 is 1.12 bits per heavy atom. The number of rotatable bonds is 9. The Morgan fingerprint density at radius 2 is 1.91 bits per heavy atom. The highest BCUT2D eigenvalue weighted by atomic mass is 32.2. The molecule has 33 heavy (non-hydrogen) atoms. The highest BCUT2D eigenvalue weighted by Crippen LogP contribution is 2.41. The van der Waals surface area contributed by atoms with Crippen molar-refractivity contribution in [3.63, 3.8) is 0 Å². The van der Waals surface area contributed by atoms with Gasteiger partial charge in [-0.2, -0.15) is 0 Å². The van der Waals surface area contributed by atoms with Crippen molar-refractivity contribution < 1.29 is 23.4 Å². The number of aliphatic hydroxyl groups excluding tert-OH is 1. The molecular formula is C24H26N2O5S2. The highest BCUT2D eigenvalue weighted by Gasteiger charge is 2.21. The number of fused-ring (bicyclic) bond motifs is 3. The van der Waals surface area contributed by atoms with Crippen LogP contribution in [0.5, 0.6) is 11.5 Å². The Kier molecular flexibility index (Phi) is 6.85. The second-order valence-electron chi connectivity index (χ2n) is 8.02. The lowest BCUT2D eigenvalue weighted by atomic mass is 10.1. The third kappa shape index (κ3) is 5.62. The fraction of sp³-hybridized carbons (Fsp3) is 0.250. The van der Waals surface area contributed by atoms with Crippen LogP contribution in [0.2, 0.25) is 0 Å². The third-order valence-corrected chi connectivity index (χ3v) is 6.45. The van der Waals surface area contributed by atoms with Crippen LogP contribution in [0.25, 0.3) is 11.1 Å². The van der Waals surface area contributed by atoms with Crippen molar-refractivity contribution >= 4 is 28.3 Å². The number of ether oxygens (including phenoxy) is 1. The van der Waals surface area contributed by atoms with Gasteiger partial charge in [0.25, 0.3) is 0 Å². The number of hydrogen-bond donors (Lipinski definition) is 5. The highest BCUT2D eigenvalue weighted by molar-refractivity contribution is 7.92. The molecular weight excluding hydrogens is 460 g/mol. The van der Waals surface area contributed by atoms with Gasteiger partial charge < -0.3 is 20.3 Å². The van der Waals surface area contributed by atoms with Gasteiger partial charge in [0.15, 0.2) is 0 Å². The lowest BCUT2D eigenvalue weighted by Gasteiger charge is -2.15. The minimum atomic E-state index is -3.55. The van der Waals surface area contributed by atoms with Crippen LogP contribution in [-0.2, 0) is 16.4 Å². The average molecular weight is 487 g/mol. The number of sulfonamides is 1. The zero-order valence-corrected chi connectivity index (χ0v) is 19.8. The van der Waals surface area contributed by atoms with Crippen molar-refractivity contribution in [3.8, 4) is 22.6 Å². The number of anilines is 1. The molecule has 3 aromatic carbocycles. The normalized spacial score (nSPS) is 13.3. The number of aliphatic hydroxyl groups is 1. The molecule has 7 nitrogen and oxygen atoms in total. The predicted octanol–water partition coefficient (Wildman–Crippen LogP) is 3.33. The molecule has 0 fully saturated rings. The summed E-state index contributed by atoms with van der Waals surface area (Å²) in [5.74, 6) is 0.533. The maximum absolute atomic E-state index is 11.4. The minimum Gasteiger partial charge on any atom is -0.506 e. The van der Waals surface area contributed by atoms with Gasteiger partial charge in [-0.05, 0) is 58.5 Å². The first-order chi connectivity index (χ1) is 15.7. The molecule has 0 saturated carbocycles. The third-order valence-electron chi connectivity index (χ3n) is 5.46. The second-order valence-corrected chi connectivity index (χ2v) is 10.3. The standard InChI is InChI=1S/C24H26N2O5S2/c1-33(29,30)26-21-11-16(6-7-22(21)27)23(28)14-25-8-9-31-17-12-19-18-5-3-2-4-15(18)10-20(19)24(32)13-17/h2-7,11-13,23,25-28,32H,8-10,14H2,1H3. The Morgan fingerprint density at radius 3 is 2.70 bits per heavy atom. The van der Waals surface area contributed by atoms with Gasteiger partial charge in [-0.1, -0.05) is 30.3 Å². The van der Waals surface area contributed by atoms with E-state index in [0.717, 1.165) is 28.9 Å². The average Bonchev–Trinajstić information content (AvgIpc) is 3.13. The molecule has 0 heterocycles. The molecule has 4 N–H and O–H groups in total. The molecule has 0 aromatic heterocycles. The fourth-order valence-electron chi connectivity index (χ4n) is 3.91. The van der Waals surface area contributed by atoms with Crippen LogP contribution in [0.1, 0.15) is 22.8 Å². The Bertz CT molecular complexity index is 1280. The Hall–Kier alpha value is -2.72. The summed E-state index contributed by atoms with van der Waals surface area (Å²) in [5.41, 5.74) is 5.38. The molecule has 3 aromatic rings. The van der Waals surface area contributed by atoms with Gasteiger partial charge in [-0.25, -0.2) is 8.42 Å². The Labute approximate surface area is 198 Å². The van der Waals surface area contributed by atoms with Crippen molar-refractivity contribution in [2.75, 3.05) is 30.7 Å². The van der Waals surface area contributed by atoms with E-state index in [4.69, 9.17) is 4.74 Å². The van der Waals surface area contributed by atoms with E-state index in [1.54, 1.807) is 6.07 Å². The first kappa shape index (κ1) is 23.4. The number of nitrogens with one attached hydrogen (secondary N) is 2. The lowest BCUT2D eigenvalue weighted by molar-refractivity contribution is 0.172. The molecule has 1 atom stereocenters. The molecule has 0 aliphatic heterocycles. The minimum absolute atomic E-state index is 0.0260. The number of thiol groups is 1. The molecule has 0 spiro atoms. The molecule has 9 heteroatoms. The van der Waals surface area contributed by atoms with Crippen LogP contribution < -0.4 is 14.8 Å². The van der Waals surface area contributed by atoms with E-state index in [9.17, 15) is 18.6 Å². The van der Waals surface area contributed by atoms with Crippen molar-refractivity contribution in [1.82, 2.24) is 5.32 Å². The van der Waals surface area contributed by atoms with Crippen molar-refractivity contribution in [3.05, 3.63) is 71.3 Å². The summed E-state index contributed by atoms with van der Waals surface area (Å²) in [6, 6.07) is 16.6. The molecule has 4 rings (SSSR count). The quantitative estimate of drug-likeness (QED) is 0.141. The van der Waals surface area contributed by atoms with Gasteiger partial charge >= 0.3 is 0 Å². The molecule has 0 amide bonds. The largest absolute Gasteiger partial charge is 0.506 e. The van der Waals surface area contributed by atoms with E-state index >= 15 is 0 Å². The summed E-state index contributed by atoms with van der Waals surface area (Å²) >= 11 is 4.64. The number of hydrogen-bond acceptors (Lipinski definition) is 7. The van der Waals surface area contributed by atoms with Gasteiger partial charge in [-0.3, -0.25) is 4.72 Å². The topological polar surface area (TPSA) is 108 Å². The van der Waals surface area contributed by atoms with Crippen LogP contribution in [0.15, 0.2) is 59.5 Å². The summed E-state index contributed by atoms with van der Waals surface area (Å²) in [6.07, 6.45) is 0.988. The van der Waals surface area contributed by atoms with E-state index in [1.807, 2.05) is 24.3 Å². The summed E-state index contributed by atoms with van der Waals surface area (Å²) in [6.45, 7) is 1.14. The van der Waals surface area contributed by atoms with E-state index in [2.05, 4.69) is 34.8 Å². The van der Waals surface area contributed by atoms with Crippen molar-refractivity contribution in [2.45, 2.75) is 17.4 Å². The van der Waals surface area contributed by atoms with Gasteiger partial charge in [0.05, 0.1) is 18.0 Å². The van der Waals surface area contributed by atoms with Crippen molar-refractivity contribution in [1.29, 1.82) is 0 Å². The molecule has 0 bridgehead atoms. The second kappa shape index (κ2) is 9.64. The monoisotopic (exact) mass is 486 g/mol. The number of aromatic hydroxyl groups is 1. The zero-order valence-electron chi connectivity index (χ0n) is 18.1. The van der Waals surface area contributed by atoms with Gasteiger partial charge in [0.1, 0.15) is 18.1 Å². The first-order valence-corrected chi connectivity index (χ1v) is 12.8. The zero-order chi connectivity index (χ0) is 23.6. The van der Waals surface area contributed by atoms with Crippen LogP contribution in [0, 0.1) is 0 Å². The smallest absolute Gasteiger partial charge is 0.229 e. The number of benzene rings is 3. The van der Waals surface area contributed by atoms with Crippen LogP contribution in [0.4, 0.5) is 5.69 Å². The fourth-order valence-corrected chi connectivity index (χ4v) is 4.80. The van der Waals surface area contributed by atoms with Crippen molar-refractivity contribution in [2.24, 2.45) is 0 Å². The van der Waals surface area contributed by atoms with E-state index in [0.29, 0.717) is 18.7 Å². The number of phenols is 1. The number of phenolic OH excluding ortho intramolecular Hbond substituents is 1. The van der Waals surface area contributed by atoms with E-state index in [1.165, 1.54) is 28.8 Å². The summed E-state index contributed by atoms with van der Waals surface area (Å²) in [5, 5.41) is 23.4. The summed E-state index contributed by atoms with van der Waals surface area (Å²) < 4.78 is 31.0. The lowest BCUT2D eigenvalue weighted by Crippen LogP contribution is -2.26. The predicted molar refractivity (Wildman–Crippen MR) is 132 cm³/mol. The van der Waals surface area contributed by atoms with Gasteiger partial charge in [-0.15, -0.1) is 12.6 Å². The maximum atomic E-state index is 11.4. The van der Waals surface area contributed by atoms with Crippen LogP contribution >= 0.6 is 12.6 Å². The molecule has 1 aliphatic carbocycles. The molecule has 1 aliphatic rings. The van der Waals surface area contributed by atoms with Gasteiger partial charge in [0, 0.05) is 18.0 Å². The Balaban J connectivity index is 1.30. The first-order valence-electron chi connectivity index (χ1n) is 10.5. The van der Waals surface area contributed by atoms with Crippen LogP contribution in [-0.4, -0.2) is 44.6 Å². The van der Waals surface area contributed by atoms with E-state index in [-0.39, 0.29) is 18.0 Å². The molecule has 0 radical (unpaired) electrons. The molecule has 0 saturated heterocycles. The molecule has 174 valence electrons. The van der Waals surface area contributed by atoms with E-state index < -0.39 is 16.1 Å². The maximum Gasteiger partial charge on any atom is 0.229 e. The molecule has 1 unspecified atom stereocenters. The summed E-state index contributed by atoms with van der Waals surface area (Å²) in [7, 11) is -3.55. The van der Waals surface area contributed by atoms with Crippen LogP contribution in [0.3, 0.4) is 0 Å². The van der Waals surface area contributed by atoms with Gasteiger partial charge in [0.2, 0.25) is 10.0 Å². The SMILES string of the molecule is CS(=O)(=O)Nc1cc(C(O)CNCCOc2cc(S)c3c(c2)-c2ccccc2C3)ccc1O.